The molecule has 2 aromatic carbocycles. The molecular formula is C23H25N3O5. The van der Waals surface area contributed by atoms with E-state index in [1.165, 1.54) is 19.2 Å². The van der Waals surface area contributed by atoms with E-state index in [0.29, 0.717) is 5.56 Å². The van der Waals surface area contributed by atoms with Gasteiger partial charge in [-0.3, -0.25) is 14.5 Å². The van der Waals surface area contributed by atoms with Crippen LogP contribution in [0.1, 0.15) is 41.8 Å². The normalized spacial score (nSPS) is 18.0. The van der Waals surface area contributed by atoms with Gasteiger partial charge in [-0.25, -0.2) is 9.59 Å². The molecule has 162 valence electrons. The van der Waals surface area contributed by atoms with Gasteiger partial charge in [0.25, 0.3) is 5.91 Å². The number of imide groups is 1. The van der Waals surface area contributed by atoms with Crippen molar-refractivity contribution in [2.45, 2.75) is 32.2 Å². The van der Waals surface area contributed by atoms with Crippen LogP contribution in [0.15, 0.2) is 48.5 Å². The van der Waals surface area contributed by atoms with Crippen LogP contribution in [0.2, 0.25) is 0 Å². The van der Waals surface area contributed by atoms with Gasteiger partial charge < -0.3 is 15.4 Å². The van der Waals surface area contributed by atoms with E-state index in [2.05, 4.69) is 17.6 Å². The van der Waals surface area contributed by atoms with Crippen LogP contribution in [0, 0.1) is 0 Å². The largest absolute Gasteiger partial charge is 0.465 e. The maximum absolute atomic E-state index is 13.0. The summed E-state index contributed by atoms with van der Waals surface area (Å²) in [6.45, 7) is 3.22. The molecule has 31 heavy (non-hydrogen) atoms. The van der Waals surface area contributed by atoms with Gasteiger partial charge in [0.05, 0.1) is 18.4 Å². The third-order valence-corrected chi connectivity index (χ3v) is 5.25. The van der Waals surface area contributed by atoms with Crippen molar-refractivity contribution in [1.29, 1.82) is 0 Å². The first-order valence-corrected chi connectivity index (χ1v) is 10.0. The number of urea groups is 1. The van der Waals surface area contributed by atoms with Gasteiger partial charge in [0.2, 0.25) is 5.91 Å². The first-order valence-electron chi connectivity index (χ1n) is 10.0. The Morgan fingerprint density at radius 2 is 1.77 bits per heavy atom. The van der Waals surface area contributed by atoms with E-state index in [1.54, 1.807) is 19.1 Å². The predicted molar refractivity (Wildman–Crippen MR) is 114 cm³/mol. The van der Waals surface area contributed by atoms with Gasteiger partial charge in [0, 0.05) is 0 Å². The summed E-state index contributed by atoms with van der Waals surface area (Å²) < 4.78 is 4.71. The van der Waals surface area contributed by atoms with Crippen molar-refractivity contribution in [3.63, 3.8) is 0 Å². The Balaban J connectivity index is 1.74. The molecule has 8 nitrogen and oxygen atoms in total. The number of aryl methyl sites for hydroxylation is 1. The second-order valence-corrected chi connectivity index (χ2v) is 7.48. The van der Waals surface area contributed by atoms with Gasteiger partial charge in [-0.1, -0.05) is 49.7 Å². The Bertz CT molecular complexity index is 1020. The van der Waals surface area contributed by atoms with Crippen molar-refractivity contribution < 1.29 is 23.9 Å². The number of methoxy groups -OCH3 is 1. The van der Waals surface area contributed by atoms with Crippen LogP contribution in [0.4, 0.5) is 10.5 Å². The molecule has 0 aliphatic carbocycles. The summed E-state index contributed by atoms with van der Waals surface area (Å²) in [5.41, 5.74) is 0.941. The van der Waals surface area contributed by atoms with Gasteiger partial charge in [-0.15, -0.1) is 0 Å². The minimum Gasteiger partial charge on any atom is -0.465 e. The molecule has 2 aromatic rings. The fourth-order valence-electron chi connectivity index (χ4n) is 3.54. The van der Waals surface area contributed by atoms with E-state index in [0.717, 1.165) is 23.3 Å². The van der Waals surface area contributed by atoms with Crippen LogP contribution < -0.4 is 10.6 Å². The maximum atomic E-state index is 13.0. The molecule has 1 aliphatic heterocycles. The molecule has 3 rings (SSSR count). The molecule has 8 heteroatoms. The summed E-state index contributed by atoms with van der Waals surface area (Å²) in [5.74, 6) is -1.73. The molecule has 4 amide bonds. The molecule has 0 bridgehead atoms. The summed E-state index contributed by atoms with van der Waals surface area (Å²) in [4.78, 5) is 50.8. The lowest BCUT2D eigenvalue weighted by molar-refractivity contribution is -0.133. The number of esters is 1. The quantitative estimate of drug-likeness (QED) is 0.526. The SMILES string of the molecule is CCCc1ccc([C@@]2(C)NC(=O)N(CC(=O)Nc3ccccc3C(=O)OC)C2=O)cc1. The third-order valence-electron chi connectivity index (χ3n) is 5.25. The van der Waals surface area contributed by atoms with E-state index in [-0.39, 0.29) is 11.3 Å². The number of hydrogen-bond acceptors (Lipinski definition) is 5. The molecule has 1 fully saturated rings. The number of nitrogens with zero attached hydrogens (tertiary/aromatic N) is 1. The molecule has 1 heterocycles. The average Bonchev–Trinajstić information content (AvgIpc) is 2.98. The summed E-state index contributed by atoms with van der Waals surface area (Å²) in [6.07, 6.45) is 1.94. The van der Waals surface area contributed by atoms with Gasteiger partial charge >= 0.3 is 12.0 Å². The highest BCUT2D eigenvalue weighted by atomic mass is 16.5. The minimum atomic E-state index is -1.26. The summed E-state index contributed by atoms with van der Waals surface area (Å²) in [6, 6.07) is 13.2. The van der Waals surface area contributed by atoms with Crippen LogP contribution in [-0.2, 0) is 26.3 Å². The maximum Gasteiger partial charge on any atom is 0.339 e. The third kappa shape index (κ3) is 4.42. The Hall–Kier alpha value is -3.68. The molecule has 0 unspecified atom stereocenters. The minimum absolute atomic E-state index is 0.174. The summed E-state index contributed by atoms with van der Waals surface area (Å²) >= 11 is 0. The average molecular weight is 423 g/mol. The fourth-order valence-corrected chi connectivity index (χ4v) is 3.54. The molecule has 0 radical (unpaired) electrons. The zero-order valence-electron chi connectivity index (χ0n) is 17.7. The van der Waals surface area contributed by atoms with Gasteiger partial charge in [-0.2, -0.15) is 0 Å². The van der Waals surface area contributed by atoms with Crippen molar-refractivity contribution in [3.05, 3.63) is 65.2 Å². The van der Waals surface area contributed by atoms with Crippen LogP contribution in [0.3, 0.4) is 0 Å². The van der Waals surface area contributed by atoms with Gasteiger partial charge in [0.15, 0.2) is 0 Å². The second-order valence-electron chi connectivity index (χ2n) is 7.48. The highest BCUT2D eigenvalue weighted by Crippen LogP contribution is 2.29. The van der Waals surface area contributed by atoms with E-state index in [1.807, 2.05) is 24.3 Å². The highest BCUT2D eigenvalue weighted by molar-refractivity contribution is 6.10. The smallest absolute Gasteiger partial charge is 0.339 e. The van der Waals surface area contributed by atoms with Crippen molar-refractivity contribution in [1.82, 2.24) is 10.2 Å². The zero-order valence-corrected chi connectivity index (χ0v) is 17.7. The molecule has 0 spiro atoms. The highest BCUT2D eigenvalue weighted by Gasteiger charge is 2.49. The molecule has 1 saturated heterocycles. The lowest BCUT2D eigenvalue weighted by Gasteiger charge is -2.22. The first kappa shape index (κ1) is 22.0. The zero-order chi connectivity index (χ0) is 22.6. The number of carbonyl (C=O) groups excluding carboxylic acids is 4. The topological polar surface area (TPSA) is 105 Å². The Kier molecular flexibility index (Phi) is 6.39. The second kappa shape index (κ2) is 8.99. The van der Waals surface area contributed by atoms with Crippen LogP contribution >= 0.6 is 0 Å². The van der Waals surface area contributed by atoms with Gasteiger partial charge in [-0.05, 0) is 36.6 Å². The standard InChI is InChI=1S/C23H25N3O5/c1-4-7-15-10-12-16(13-11-15)23(2)21(29)26(22(30)25-23)14-19(27)24-18-9-6-5-8-17(18)20(28)31-3/h5-6,8-13H,4,7,14H2,1-3H3,(H,24,27)(H,25,30)/t23-/m1/s1. The lowest BCUT2D eigenvalue weighted by Crippen LogP contribution is -2.42. The Morgan fingerprint density at radius 1 is 1.10 bits per heavy atom. The molecule has 0 aromatic heterocycles. The number of nitrogens with one attached hydrogen (secondary N) is 2. The Labute approximate surface area is 180 Å². The van der Waals surface area contributed by atoms with E-state index >= 15 is 0 Å². The number of hydrogen-bond donors (Lipinski definition) is 2. The molecular weight excluding hydrogens is 398 g/mol. The monoisotopic (exact) mass is 423 g/mol. The van der Waals surface area contributed by atoms with Gasteiger partial charge in [0.1, 0.15) is 12.1 Å². The number of anilines is 1. The summed E-state index contributed by atoms with van der Waals surface area (Å²) in [5, 5.41) is 5.26. The summed E-state index contributed by atoms with van der Waals surface area (Å²) in [7, 11) is 1.24. The number of ether oxygens (including phenoxy) is 1. The number of amides is 4. The van der Waals surface area contributed by atoms with Crippen LogP contribution in [0.5, 0.6) is 0 Å². The molecule has 2 N–H and O–H groups in total. The number of para-hydroxylation sites is 1. The Morgan fingerprint density at radius 3 is 2.42 bits per heavy atom. The number of benzene rings is 2. The van der Waals surface area contributed by atoms with Crippen molar-refractivity contribution in [3.8, 4) is 0 Å². The fraction of sp³-hybridized carbons (Fsp3) is 0.304. The van der Waals surface area contributed by atoms with E-state index in [9.17, 15) is 19.2 Å². The molecule has 1 atom stereocenters. The van der Waals surface area contributed by atoms with Crippen molar-refractivity contribution in [2.24, 2.45) is 0 Å². The van der Waals surface area contributed by atoms with E-state index < -0.39 is 35.9 Å². The van der Waals surface area contributed by atoms with Crippen molar-refractivity contribution >= 4 is 29.5 Å². The van der Waals surface area contributed by atoms with E-state index in [4.69, 9.17) is 4.74 Å². The lowest BCUT2D eigenvalue weighted by atomic mass is 9.91. The predicted octanol–water partition coefficient (Wildman–Crippen LogP) is 2.83. The molecule has 1 aliphatic rings. The van der Waals surface area contributed by atoms with Crippen LogP contribution in [0.25, 0.3) is 0 Å². The van der Waals surface area contributed by atoms with Crippen molar-refractivity contribution in [2.75, 3.05) is 19.0 Å². The molecule has 0 saturated carbocycles. The first-order chi connectivity index (χ1) is 14.8. The number of carbonyl (C=O) groups is 4. The number of rotatable bonds is 7. The van der Waals surface area contributed by atoms with Crippen LogP contribution in [-0.4, -0.2) is 42.4 Å².